The zero-order valence-electron chi connectivity index (χ0n) is 27.0. The topological polar surface area (TPSA) is 88.1 Å². The van der Waals surface area contributed by atoms with Crippen molar-refractivity contribution in [3.8, 4) is 28.4 Å². The first-order valence-corrected chi connectivity index (χ1v) is 17.7. The van der Waals surface area contributed by atoms with Crippen molar-refractivity contribution in [1.29, 1.82) is 0 Å². The summed E-state index contributed by atoms with van der Waals surface area (Å²) >= 11 is 0. The van der Waals surface area contributed by atoms with Gasteiger partial charge in [0.25, 0.3) is 0 Å². The van der Waals surface area contributed by atoms with Crippen LogP contribution in [0, 0.1) is 13.8 Å². The van der Waals surface area contributed by atoms with Crippen LogP contribution in [0.2, 0.25) is 0 Å². The van der Waals surface area contributed by atoms with E-state index in [1.165, 1.54) is 30.1 Å². The fourth-order valence-electron chi connectivity index (χ4n) is 6.00. The minimum absolute atomic E-state index is 0.0155. The highest BCUT2D eigenvalue weighted by molar-refractivity contribution is 7.90. The van der Waals surface area contributed by atoms with E-state index in [0.29, 0.717) is 32.0 Å². The summed E-state index contributed by atoms with van der Waals surface area (Å²) < 4.78 is 45.9. The highest BCUT2D eigenvalue weighted by atomic mass is 32.2. The van der Waals surface area contributed by atoms with Gasteiger partial charge in [-0.05, 0) is 96.3 Å². The Labute approximate surface area is 272 Å². The lowest BCUT2D eigenvalue weighted by atomic mass is 9.88. The van der Waals surface area contributed by atoms with Crippen LogP contribution in [-0.4, -0.2) is 46.7 Å². The summed E-state index contributed by atoms with van der Waals surface area (Å²) in [4.78, 5) is 11.8. The second-order valence-electron chi connectivity index (χ2n) is 12.0. The van der Waals surface area contributed by atoms with Crippen LogP contribution < -0.4 is 14.2 Å². The zero-order valence-corrected chi connectivity index (χ0v) is 27.8. The lowest BCUT2D eigenvalue weighted by Crippen LogP contribution is -2.09. The van der Waals surface area contributed by atoms with Crippen LogP contribution in [0.1, 0.15) is 52.1 Å². The highest BCUT2D eigenvalue weighted by Gasteiger charge is 2.27. The molecule has 0 saturated carbocycles. The molecule has 46 heavy (non-hydrogen) atoms. The summed E-state index contributed by atoms with van der Waals surface area (Å²) in [5.74, 6) is 2.03. The molecule has 7 nitrogen and oxygen atoms in total. The molecule has 4 aromatic carbocycles. The lowest BCUT2D eigenvalue weighted by molar-refractivity contribution is -0.141. The Kier molecular flexibility index (Phi) is 10.7. The van der Waals surface area contributed by atoms with Crippen molar-refractivity contribution in [3.05, 3.63) is 112 Å². The SMILES string of the molecule is COC(=O)C[C@@H]1COc2cc(OCc3ccc(CCc4ccccc4)c(-c4c(C)cc(OCCCS(C)(=O)=O)cc4C)c3)ccc21. The molecule has 0 saturated heterocycles. The molecular formula is C38H42O7S. The van der Waals surface area contributed by atoms with Gasteiger partial charge in [-0.2, -0.15) is 0 Å². The Hall–Kier alpha value is -4.30. The molecule has 242 valence electrons. The summed E-state index contributed by atoms with van der Waals surface area (Å²) in [6.07, 6.45) is 3.80. The van der Waals surface area contributed by atoms with Crippen LogP contribution in [0.5, 0.6) is 17.2 Å². The number of carbonyl (C=O) groups excluding carboxylic acids is 1. The Morgan fingerprint density at radius 1 is 0.870 bits per heavy atom. The molecule has 5 rings (SSSR count). The van der Waals surface area contributed by atoms with Crippen LogP contribution in [-0.2, 0) is 38.8 Å². The van der Waals surface area contributed by atoms with Crippen molar-refractivity contribution in [3.63, 3.8) is 0 Å². The largest absolute Gasteiger partial charge is 0.494 e. The van der Waals surface area contributed by atoms with Gasteiger partial charge in [-0.25, -0.2) is 8.42 Å². The summed E-state index contributed by atoms with van der Waals surface area (Å²) in [5.41, 5.74) is 9.10. The Balaban J connectivity index is 1.36. The first-order chi connectivity index (χ1) is 22.1. The van der Waals surface area contributed by atoms with Gasteiger partial charge in [-0.3, -0.25) is 4.79 Å². The number of aryl methyl sites for hydroxylation is 4. The molecule has 0 fully saturated rings. The van der Waals surface area contributed by atoms with Gasteiger partial charge in [-0.1, -0.05) is 48.5 Å². The van der Waals surface area contributed by atoms with Crippen molar-refractivity contribution >= 4 is 15.8 Å². The number of fused-ring (bicyclic) bond motifs is 1. The van der Waals surface area contributed by atoms with E-state index < -0.39 is 9.84 Å². The van der Waals surface area contributed by atoms with Crippen molar-refractivity contribution in [1.82, 2.24) is 0 Å². The van der Waals surface area contributed by atoms with E-state index in [1.54, 1.807) is 0 Å². The maximum Gasteiger partial charge on any atom is 0.306 e. The molecule has 1 atom stereocenters. The number of methoxy groups -OCH3 is 1. The van der Waals surface area contributed by atoms with Gasteiger partial charge in [0.05, 0.1) is 32.5 Å². The van der Waals surface area contributed by atoms with Gasteiger partial charge >= 0.3 is 5.97 Å². The number of ether oxygens (including phenoxy) is 4. The molecule has 0 spiro atoms. The third-order valence-corrected chi connectivity index (χ3v) is 9.35. The van der Waals surface area contributed by atoms with E-state index in [9.17, 15) is 13.2 Å². The molecule has 4 aromatic rings. The second kappa shape index (κ2) is 14.9. The molecular weight excluding hydrogens is 600 g/mol. The van der Waals surface area contributed by atoms with Crippen LogP contribution in [0.3, 0.4) is 0 Å². The molecule has 1 aliphatic heterocycles. The lowest BCUT2D eigenvalue weighted by Gasteiger charge is -2.19. The van der Waals surface area contributed by atoms with Crippen LogP contribution in [0.15, 0.2) is 78.9 Å². The van der Waals surface area contributed by atoms with Gasteiger partial charge in [-0.15, -0.1) is 0 Å². The minimum atomic E-state index is -3.02. The second-order valence-corrected chi connectivity index (χ2v) is 14.3. The van der Waals surface area contributed by atoms with Gasteiger partial charge < -0.3 is 18.9 Å². The third-order valence-electron chi connectivity index (χ3n) is 8.31. The summed E-state index contributed by atoms with van der Waals surface area (Å²) in [6.45, 7) is 5.36. The first kappa shape index (κ1) is 33.1. The maximum atomic E-state index is 11.8. The van der Waals surface area contributed by atoms with Gasteiger partial charge in [0.1, 0.15) is 33.7 Å². The quantitative estimate of drug-likeness (QED) is 0.106. The Morgan fingerprint density at radius 3 is 2.35 bits per heavy atom. The maximum absolute atomic E-state index is 11.8. The van der Waals surface area contributed by atoms with Gasteiger partial charge in [0.2, 0.25) is 0 Å². The molecule has 8 heteroatoms. The van der Waals surface area contributed by atoms with Gasteiger partial charge in [0.15, 0.2) is 0 Å². The smallest absolute Gasteiger partial charge is 0.306 e. The number of esters is 1. The molecule has 0 amide bonds. The first-order valence-electron chi connectivity index (χ1n) is 15.6. The summed E-state index contributed by atoms with van der Waals surface area (Å²) in [6, 6.07) is 26.9. The monoisotopic (exact) mass is 642 g/mol. The average molecular weight is 643 g/mol. The molecule has 0 aromatic heterocycles. The third kappa shape index (κ3) is 8.69. The van der Waals surface area contributed by atoms with Crippen LogP contribution >= 0.6 is 0 Å². The fourth-order valence-corrected chi connectivity index (χ4v) is 6.64. The normalized spacial score (nSPS) is 14.0. The molecule has 0 radical (unpaired) electrons. The molecule has 0 aliphatic carbocycles. The number of hydrogen-bond donors (Lipinski definition) is 0. The fraction of sp³-hybridized carbons (Fsp3) is 0.342. The molecule has 0 unspecified atom stereocenters. The van der Waals surface area contributed by atoms with Crippen LogP contribution in [0.4, 0.5) is 0 Å². The Morgan fingerprint density at radius 2 is 1.63 bits per heavy atom. The number of carbonyl (C=O) groups is 1. The van der Waals surface area contributed by atoms with E-state index in [0.717, 1.165) is 52.2 Å². The number of hydrogen-bond acceptors (Lipinski definition) is 7. The summed E-state index contributed by atoms with van der Waals surface area (Å²) in [5, 5.41) is 0. The van der Waals surface area contributed by atoms with E-state index in [2.05, 4.69) is 56.3 Å². The van der Waals surface area contributed by atoms with E-state index in [4.69, 9.17) is 18.9 Å². The molecule has 1 aliphatic rings. The predicted molar refractivity (Wildman–Crippen MR) is 181 cm³/mol. The van der Waals surface area contributed by atoms with E-state index in [-0.39, 0.29) is 24.1 Å². The average Bonchev–Trinajstić information content (AvgIpc) is 3.42. The number of benzene rings is 4. The minimum Gasteiger partial charge on any atom is -0.494 e. The summed E-state index contributed by atoms with van der Waals surface area (Å²) in [7, 11) is -1.62. The Bertz CT molecular complexity index is 1760. The van der Waals surface area contributed by atoms with Gasteiger partial charge in [0, 0.05) is 23.8 Å². The van der Waals surface area contributed by atoms with Crippen molar-refractivity contribution in [2.45, 2.75) is 52.1 Å². The van der Waals surface area contributed by atoms with E-state index in [1.807, 2.05) is 36.4 Å². The predicted octanol–water partition coefficient (Wildman–Crippen LogP) is 7.19. The molecule has 0 N–H and O–H groups in total. The number of sulfone groups is 1. The van der Waals surface area contributed by atoms with Crippen molar-refractivity contribution < 1.29 is 32.2 Å². The van der Waals surface area contributed by atoms with Crippen molar-refractivity contribution in [2.75, 3.05) is 32.3 Å². The standard InChI is InChI=1S/C38H42O7S/c1-26-19-33(43-17-8-18-46(4,40)41)20-27(2)38(26)35-21-29(12-14-30(35)13-11-28-9-6-5-7-10-28)24-44-32-15-16-34-31(22-37(39)42-3)25-45-36(34)23-32/h5-7,9-10,12,14-16,19-21,23,31H,8,11,13,17-18,22,24-25H2,1-4H3/t31-/m1/s1. The van der Waals surface area contributed by atoms with Crippen LogP contribution in [0.25, 0.3) is 11.1 Å². The number of rotatable bonds is 14. The molecule has 1 heterocycles. The highest BCUT2D eigenvalue weighted by Crippen LogP contribution is 2.39. The van der Waals surface area contributed by atoms with E-state index >= 15 is 0 Å². The zero-order chi connectivity index (χ0) is 32.7. The van der Waals surface area contributed by atoms with Crippen molar-refractivity contribution in [2.24, 2.45) is 0 Å². The molecule has 0 bridgehead atoms.